The molecule has 0 aliphatic heterocycles. The third kappa shape index (κ3) is 4.40. The third-order valence-electron chi connectivity index (χ3n) is 9.73. The van der Waals surface area contributed by atoms with Crippen LogP contribution in [0.3, 0.4) is 0 Å². The lowest BCUT2D eigenvalue weighted by Crippen LogP contribution is -2.00. The number of benzene rings is 7. The molecule has 0 fully saturated rings. The van der Waals surface area contributed by atoms with Gasteiger partial charge in [-0.05, 0) is 54.1 Å². The van der Waals surface area contributed by atoms with Crippen molar-refractivity contribution in [2.45, 2.75) is 0 Å². The van der Waals surface area contributed by atoms with Crippen molar-refractivity contribution < 1.29 is 13.3 Å². The molecular formula is C45H25N3O3. The van der Waals surface area contributed by atoms with Crippen LogP contribution in [0.15, 0.2) is 165 Å². The minimum atomic E-state index is 0.603. The summed E-state index contributed by atoms with van der Waals surface area (Å²) < 4.78 is 19.2. The standard InChI is InChI=1S/C45H25N3O3/c1-3-10-26(11-4-1)43-46-44(27-12-5-2-6-13-27)48-45(47-43)29-19-21-39-33(23-29)32-16-9-15-30(42(32)51-39)28-18-20-38-34(22-28)36-25-40-35(24-41(36)50-38)31-14-7-8-17-37(31)49-40/h1-25H. The van der Waals surface area contributed by atoms with Gasteiger partial charge in [0.1, 0.15) is 33.5 Å². The number of hydrogen-bond acceptors (Lipinski definition) is 6. The Kier molecular flexibility index (Phi) is 5.86. The molecule has 6 heteroatoms. The summed E-state index contributed by atoms with van der Waals surface area (Å²) >= 11 is 0. The molecule has 0 unspecified atom stereocenters. The van der Waals surface area contributed by atoms with Crippen molar-refractivity contribution in [3.63, 3.8) is 0 Å². The zero-order valence-corrected chi connectivity index (χ0v) is 27.0. The first-order chi connectivity index (χ1) is 25.2. The van der Waals surface area contributed by atoms with E-state index in [4.69, 9.17) is 28.2 Å². The van der Waals surface area contributed by atoms with Crippen LogP contribution in [0.2, 0.25) is 0 Å². The van der Waals surface area contributed by atoms with Gasteiger partial charge in [-0.2, -0.15) is 0 Å². The molecule has 0 saturated carbocycles. The van der Waals surface area contributed by atoms with Crippen LogP contribution in [-0.2, 0) is 0 Å². The van der Waals surface area contributed by atoms with E-state index >= 15 is 0 Å². The first-order valence-corrected chi connectivity index (χ1v) is 16.8. The normalized spacial score (nSPS) is 11.9. The number of nitrogens with zero attached hydrogens (tertiary/aromatic N) is 3. The van der Waals surface area contributed by atoms with Gasteiger partial charge in [0.25, 0.3) is 0 Å². The molecule has 51 heavy (non-hydrogen) atoms. The minimum Gasteiger partial charge on any atom is -0.456 e. The van der Waals surface area contributed by atoms with Crippen molar-refractivity contribution in [2.75, 3.05) is 0 Å². The fourth-order valence-electron chi connectivity index (χ4n) is 7.26. The van der Waals surface area contributed by atoms with Crippen LogP contribution in [0.1, 0.15) is 0 Å². The second-order valence-corrected chi connectivity index (χ2v) is 12.8. The Morgan fingerprint density at radius 3 is 1.49 bits per heavy atom. The van der Waals surface area contributed by atoms with Gasteiger partial charge in [-0.25, -0.2) is 15.0 Å². The van der Waals surface area contributed by atoms with E-state index in [1.54, 1.807) is 0 Å². The van der Waals surface area contributed by atoms with Crippen molar-refractivity contribution in [1.29, 1.82) is 0 Å². The van der Waals surface area contributed by atoms with Gasteiger partial charge in [0.15, 0.2) is 17.5 Å². The summed E-state index contributed by atoms with van der Waals surface area (Å²) in [7, 11) is 0. The highest BCUT2D eigenvalue weighted by Crippen LogP contribution is 2.41. The SMILES string of the molecule is c1ccc(-c2nc(-c3ccccc3)nc(-c3ccc4oc5c(-c6ccc7oc8cc9c(cc8c7c6)oc6ccccc69)cccc5c4c3)n2)cc1. The highest BCUT2D eigenvalue weighted by atomic mass is 16.3. The topological polar surface area (TPSA) is 78.1 Å². The molecule has 4 heterocycles. The average molecular weight is 656 g/mol. The van der Waals surface area contributed by atoms with Crippen molar-refractivity contribution in [1.82, 2.24) is 15.0 Å². The van der Waals surface area contributed by atoms with Crippen molar-refractivity contribution >= 4 is 65.8 Å². The molecule has 6 nitrogen and oxygen atoms in total. The molecule has 11 aromatic rings. The van der Waals surface area contributed by atoms with Gasteiger partial charge in [0.2, 0.25) is 0 Å². The Morgan fingerprint density at radius 1 is 0.294 bits per heavy atom. The van der Waals surface area contributed by atoms with E-state index in [1.807, 2.05) is 97.1 Å². The van der Waals surface area contributed by atoms with Crippen molar-refractivity contribution in [3.8, 4) is 45.3 Å². The van der Waals surface area contributed by atoms with Crippen LogP contribution in [0.4, 0.5) is 0 Å². The summed E-state index contributed by atoms with van der Waals surface area (Å²) in [5.74, 6) is 1.86. The minimum absolute atomic E-state index is 0.603. The summed E-state index contributed by atoms with van der Waals surface area (Å²) in [5.41, 5.74) is 9.78. The molecule has 7 aromatic carbocycles. The van der Waals surface area contributed by atoms with Crippen molar-refractivity contribution in [2.24, 2.45) is 0 Å². The highest BCUT2D eigenvalue weighted by molar-refractivity contribution is 6.16. The number of hydrogen-bond donors (Lipinski definition) is 0. The van der Waals surface area contributed by atoms with Gasteiger partial charge < -0.3 is 13.3 Å². The third-order valence-corrected chi connectivity index (χ3v) is 9.73. The van der Waals surface area contributed by atoms with E-state index in [0.717, 1.165) is 93.6 Å². The molecule has 238 valence electrons. The van der Waals surface area contributed by atoms with Gasteiger partial charge in [0.05, 0.1) is 0 Å². The number of aromatic nitrogens is 3. The van der Waals surface area contributed by atoms with E-state index in [-0.39, 0.29) is 0 Å². The Balaban J connectivity index is 1.05. The predicted molar refractivity (Wildman–Crippen MR) is 203 cm³/mol. The molecule has 0 N–H and O–H groups in total. The van der Waals surface area contributed by atoms with Crippen LogP contribution in [0, 0.1) is 0 Å². The monoisotopic (exact) mass is 655 g/mol. The zero-order valence-electron chi connectivity index (χ0n) is 27.0. The maximum Gasteiger partial charge on any atom is 0.164 e. The summed E-state index contributed by atoms with van der Waals surface area (Å²) in [6.07, 6.45) is 0. The molecule has 0 amide bonds. The molecule has 0 aliphatic carbocycles. The molecule has 0 radical (unpaired) electrons. The van der Waals surface area contributed by atoms with E-state index in [2.05, 4.69) is 54.6 Å². The lowest BCUT2D eigenvalue weighted by Gasteiger charge is -2.08. The molecule has 0 atom stereocenters. The fourth-order valence-corrected chi connectivity index (χ4v) is 7.26. The van der Waals surface area contributed by atoms with E-state index < -0.39 is 0 Å². The second-order valence-electron chi connectivity index (χ2n) is 12.8. The lowest BCUT2D eigenvalue weighted by atomic mass is 9.99. The number of para-hydroxylation sites is 2. The summed E-state index contributed by atoms with van der Waals surface area (Å²) in [6.45, 7) is 0. The fraction of sp³-hybridized carbons (Fsp3) is 0. The summed E-state index contributed by atoms with van der Waals surface area (Å²) in [5, 5.41) is 6.19. The van der Waals surface area contributed by atoms with Crippen LogP contribution in [0.25, 0.3) is 111 Å². The lowest BCUT2D eigenvalue weighted by molar-refractivity contribution is 0.664. The number of fused-ring (bicyclic) bond motifs is 9. The van der Waals surface area contributed by atoms with Crippen LogP contribution in [-0.4, -0.2) is 15.0 Å². The van der Waals surface area contributed by atoms with E-state index in [1.165, 1.54) is 0 Å². The van der Waals surface area contributed by atoms with Crippen molar-refractivity contribution in [3.05, 3.63) is 152 Å². The van der Waals surface area contributed by atoms with Gasteiger partial charge >= 0.3 is 0 Å². The van der Waals surface area contributed by atoms with Crippen LogP contribution in [0.5, 0.6) is 0 Å². The highest BCUT2D eigenvalue weighted by Gasteiger charge is 2.18. The predicted octanol–water partition coefficient (Wildman–Crippen LogP) is 12.2. The largest absolute Gasteiger partial charge is 0.456 e. The maximum absolute atomic E-state index is 6.60. The zero-order chi connectivity index (χ0) is 33.5. The second kappa shape index (κ2) is 10.7. The number of furan rings is 3. The molecule has 0 spiro atoms. The summed E-state index contributed by atoms with van der Waals surface area (Å²) in [4.78, 5) is 14.8. The quantitative estimate of drug-likeness (QED) is 0.188. The Bertz CT molecular complexity index is 3080. The van der Waals surface area contributed by atoms with Gasteiger partial charge in [-0.3, -0.25) is 0 Å². The van der Waals surface area contributed by atoms with E-state index in [9.17, 15) is 0 Å². The van der Waals surface area contributed by atoms with E-state index in [0.29, 0.717) is 17.5 Å². The summed E-state index contributed by atoms with van der Waals surface area (Å²) in [6, 6.07) is 51.1. The van der Waals surface area contributed by atoms with Crippen LogP contribution < -0.4 is 0 Å². The average Bonchev–Trinajstić information content (AvgIpc) is 3.87. The molecule has 11 rings (SSSR count). The molecule has 4 aromatic heterocycles. The van der Waals surface area contributed by atoms with Gasteiger partial charge in [-0.1, -0.05) is 103 Å². The molecule has 0 bridgehead atoms. The number of rotatable bonds is 4. The molecular weight excluding hydrogens is 631 g/mol. The van der Waals surface area contributed by atoms with Gasteiger partial charge in [-0.15, -0.1) is 0 Å². The van der Waals surface area contributed by atoms with Crippen LogP contribution >= 0.6 is 0 Å². The molecule has 0 saturated heterocycles. The molecule has 0 aliphatic rings. The Hall–Kier alpha value is -7.05. The maximum atomic E-state index is 6.60. The Morgan fingerprint density at radius 2 is 0.784 bits per heavy atom. The van der Waals surface area contributed by atoms with Gasteiger partial charge in [0, 0.05) is 54.6 Å². The first-order valence-electron chi connectivity index (χ1n) is 16.8. The first kappa shape index (κ1) is 27.9. The Labute approximate surface area is 290 Å². The smallest absolute Gasteiger partial charge is 0.164 e.